The Hall–Kier alpha value is 0.01000. The first kappa shape index (κ1) is 11.1. The summed E-state index contributed by atoms with van der Waals surface area (Å²) in [5.74, 6) is 0.989. The molecule has 1 aromatic carbocycles. The zero-order valence-corrected chi connectivity index (χ0v) is 9.94. The summed E-state index contributed by atoms with van der Waals surface area (Å²) in [4.78, 5) is 0. The summed E-state index contributed by atoms with van der Waals surface area (Å²) in [5, 5.41) is 9.79. The third-order valence-corrected chi connectivity index (χ3v) is 3.23. The Kier molecular flexibility index (Phi) is 4.84. The normalized spacial score (nSPS) is 12.8. The molecule has 13 heavy (non-hydrogen) atoms. The number of benzene rings is 1. The maximum atomic E-state index is 9.79. The van der Waals surface area contributed by atoms with Gasteiger partial charge >= 0.3 is 0 Å². The van der Waals surface area contributed by atoms with Crippen LogP contribution in [0.2, 0.25) is 0 Å². The predicted octanol–water partition coefficient (Wildman–Crippen LogP) is 3.24. The van der Waals surface area contributed by atoms with Crippen molar-refractivity contribution in [2.24, 2.45) is 0 Å². The molecule has 1 unspecified atom stereocenters. The minimum atomic E-state index is -0.344. The van der Waals surface area contributed by atoms with Gasteiger partial charge in [-0.2, -0.15) is 11.8 Å². The van der Waals surface area contributed by atoms with E-state index in [4.69, 9.17) is 0 Å². The van der Waals surface area contributed by atoms with Crippen LogP contribution in [0.4, 0.5) is 0 Å². The topological polar surface area (TPSA) is 20.2 Å². The second-order valence-corrected chi connectivity index (χ2v) is 4.66. The van der Waals surface area contributed by atoms with Gasteiger partial charge in [-0.25, -0.2) is 0 Å². The molecule has 1 atom stereocenters. The molecule has 0 heterocycles. The summed E-state index contributed by atoms with van der Waals surface area (Å²) >= 11 is 5.18. The zero-order valence-electron chi connectivity index (χ0n) is 7.53. The van der Waals surface area contributed by atoms with E-state index in [0.29, 0.717) is 0 Å². The third kappa shape index (κ3) is 3.33. The lowest BCUT2D eigenvalue weighted by atomic mass is 10.1. The van der Waals surface area contributed by atoms with E-state index in [1.165, 1.54) is 0 Å². The van der Waals surface area contributed by atoms with Gasteiger partial charge < -0.3 is 5.11 Å². The molecule has 1 nitrogen and oxygen atoms in total. The van der Waals surface area contributed by atoms with Gasteiger partial charge in [0.15, 0.2) is 0 Å². The number of rotatable bonds is 4. The average molecular weight is 261 g/mol. The largest absolute Gasteiger partial charge is 0.388 e. The molecule has 0 bridgehead atoms. The van der Waals surface area contributed by atoms with E-state index < -0.39 is 0 Å². The average Bonchev–Trinajstić information content (AvgIpc) is 2.15. The van der Waals surface area contributed by atoms with Crippen molar-refractivity contribution in [3.05, 3.63) is 34.3 Å². The molecule has 0 saturated heterocycles. The van der Waals surface area contributed by atoms with E-state index in [9.17, 15) is 5.11 Å². The Balaban J connectivity index is 2.65. The second kappa shape index (κ2) is 5.68. The molecule has 1 aromatic rings. The van der Waals surface area contributed by atoms with Crippen molar-refractivity contribution in [1.29, 1.82) is 0 Å². The van der Waals surface area contributed by atoms with Crippen LogP contribution in [0.5, 0.6) is 0 Å². The molecule has 1 rings (SSSR count). The highest BCUT2D eigenvalue weighted by Gasteiger charge is 2.09. The van der Waals surface area contributed by atoms with Gasteiger partial charge in [0, 0.05) is 4.47 Å². The van der Waals surface area contributed by atoms with Crippen molar-refractivity contribution < 1.29 is 5.11 Å². The Morgan fingerprint density at radius 1 is 1.46 bits per heavy atom. The number of hydrogen-bond donors (Lipinski definition) is 1. The zero-order chi connectivity index (χ0) is 9.68. The van der Waals surface area contributed by atoms with Crippen LogP contribution in [0.1, 0.15) is 18.1 Å². The van der Waals surface area contributed by atoms with Gasteiger partial charge in [-0.3, -0.25) is 0 Å². The molecule has 0 radical (unpaired) electrons. The molecule has 0 aromatic heterocycles. The lowest BCUT2D eigenvalue weighted by Crippen LogP contribution is -1.99. The van der Waals surface area contributed by atoms with E-state index in [-0.39, 0.29) is 6.10 Å². The Morgan fingerprint density at radius 3 is 2.77 bits per heavy atom. The van der Waals surface area contributed by atoms with Crippen molar-refractivity contribution in [2.45, 2.75) is 12.5 Å². The molecular weight excluding hydrogens is 248 g/mol. The van der Waals surface area contributed by atoms with Crippen LogP contribution in [0.15, 0.2) is 28.7 Å². The highest BCUT2D eigenvalue weighted by Crippen LogP contribution is 2.25. The summed E-state index contributed by atoms with van der Waals surface area (Å²) in [7, 11) is 0. The van der Waals surface area contributed by atoms with Crippen molar-refractivity contribution in [1.82, 2.24) is 0 Å². The maximum Gasteiger partial charge on any atom is 0.0808 e. The van der Waals surface area contributed by atoms with E-state index in [2.05, 4.69) is 15.9 Å². The van der Waals surface area contributed by atoms with Gasteiger partial charge in [0.25, 0.3) is 0 Å². The van der Waals surface area contributed by atoms with Crippen molar-refractivity contribution in [3.8, 4) is 0 Å². The number of halogens is 1. The fourth-order valence-corrected chi connectivity index (χ4v) is 2.14. The number of aliphatic hydroxyl groups excluding tert-OH is 1. The molecule has 0 aliphatic heterocycles. The molecule has 3 heteroatoms. The summed E-state index contributed by atoms with van der Waals surface area (Å²) in [6.07, 6.45) is 2.51. The predicted molar refractivity (Wildman–Crippen MR) is 62.1 cm³/mol. The fraction of sp³-hybridized carbons (Fsp3) is 0.400. The van der Waals surface area contributed by atoms with Crippen LogP contribution in [0, 0.1) is 0 Å². The van der Waals surface area contributed by atoms with Crippen molar-refractivity contribution >= 4 is 27.7 Å². The van der Waals surface area contributed by atoms with Crippen LogP contribution < -0.4 is 0 Å². The highest BCUT2D eigenvalue weighted by atomic mass is 79.9. The summed E-state index contributed by atoms with van der Waals surface area (Å²) in [5.41, 5.74) is 0.983. The molecule has 0 spiro atoms. The maximum absolute atomic E-state index is 9.79. The standard InChI is InChI=1S/C10H13BrOS/c1-13-7-6-10(12)8-4-2-3-5-9(8)11/h2-5,10,12H,6-7H2,1H3. The van der Waals surface area contributed by atoms with Crippen LogP contribution in [-0.4, -0.2) is 17.1 Å². The molecule has 0 amide bonds. The summed E-state index contributed by atoms with van der Waals surface area (Å²) in [6.45, 7) is 0. The molecule has 0 aliphatic rings. The number of aliphatic hydroxyl groups is 1. The summed E-state index contributed by atoms with van der Waals surface area (Å²) in [6, 6.07) is 7.81. The number of thioether (sulfide) groups is 1. The smallest absolute Gasteiger partial charge is 0.0808 e. The Morgan fingerprint density at radius 2 is 2.15 bits per heavy atom. The molecular formula is C10H13BrOS. The van der Waals surface area contributed by atoms with E-state index >= 15 is 0 Å². The quantitative estimate of drug-likeness (QED) is 0.897. The molecule has 1 N–H and O–H groups in total. The Labute approximate surface area is 91.7 Å². The van der Waals surface area contributed by atoms with Crippen LogP contribution in [0.25, 0.3) is 0 Å². The van der Waals surface area contributed by atoms with Crippen molar-refractivity contribution in [3.63, 3.8) is 0 Å². The Bertz CT molecular complexity index is 265. The number of hydrogen-bond acceptors (Lipinski definition) is 2. The van der Waals surface area contributed by atoms with Crippen LogP contribution >= 0.6 is 27.7 Å². The van der Waals surface area contributed by atoms with E-state index in [1.54, 1.807) is 11.8 Å². The first-order valence-electron chi connectivity index (χ1n) is 4.17. The highest BCUT2D eigenvalue weighted by molar-refractivity contribution is 9.10. The summed E-state index contributed by atoms with van der Waals surface area (Å²) < 4.78 is 0.989. The van der Waals surface area contributed by atoms with Gasteiger partial charge in [0.2, 0.25) is 0 Å². The molecule has 0 aliphatic carbocycles. The van der Waals surface area contributed by atoms with Crippen LogP contribution in [-0.2, 0) is 0 Å². The molecule has 0 saturated carbocycles. The third-order valence-electron chi connectivity index (χ3n) is 1.86. The first-order valence-corrected chi connectivity index (χ1v) is 6.36. The molecule has 0 fully saturated rings. The fourth-order valence-electron chi connectivity index (χ4n) is 1.13. The van der Waals surface area contributed by atoms with Gasteiger partial charge in [-0.15, -0.1) is 0 Å². The minimum Gasteiger partial charge on any atom is -0.388 e. The van der Waals surface area contributed by atoms with Gasteiger partial charge in [-0.1, -0.05) is 34.1 Å². The van der Waals surface area contributed by atoms with Gasteiger partial charge in [-0.05, 0) is 30.1 Å². The first-order chi connectivity index (χ1) is 6.25. The molecule has 72 valence electrons. The van der Waals surface area contributed by atoms with Gasteiger partial charge in [0.1, 0.15) is 0 Å². The van der Waals surface area contributed by atoms with E-state index in [1.807, 2.05) is 30.5 Å². The van der Waals surface area contributed by atoms with Crippen molar-refractivity contribution in [2.75, 3.05) is 12.0 Å². The second-order valence-electron chi connectivity index (χ2n) is 2.82. The van der Waals surface area contributed by atoms with E-state index in [0.717, 1.165) is 22.2 Å². The monoisotopic (exact) mass is 260 g/mol. The SMILES string of the molecule is CSCCC(O)c1ccccc1Br. The lowest BCUT2D eigenvalue weighted by Gasteiger charge is -2.11. The lowest BCUT2D eigenvalue weighted by molar-refractivity contribution is 0.174. The minimum absolute atomic E-state index is 0.344. The van der Waals surface area contributed by atoms with Crippen LogP contribution in [0.3, 0.4) is 0 Å². The van der Waals surface area contributed by atoms with Gasteiger partial charge in [0.05, 0.1) is 6.10 Å².